The minimum absolute atomic E-state index is 0. The van der Waals surface area contributed by atoms with Gasteiger partial charge in [0.15, 0.2) is 0 Å². The smallest absolute Gasteiger partial charge is 0.0859 e. The van der Waals surface area contributed by atoms with Gasteiger partial charge in [0.25, 0.3) is 0 Å². The van der Waals surface area contributed by atoms with Crippen molar-refractivity contribution in [1.29, 1.82) is 5.26 Å². The van der Waals surface area contributed by atoms with Crippen molar-refractivity contribution >= 4 is 12.4 Å². The van der Waals surface area contributed by atoms with Crippen LogP contribution in [0.4, 0.5) is 0 Å². The predicted octanol–water partition coefficient (Wildman–Crippen LogP) is -0.488. The Kier molecular flexibility index (Phi) is 3.55. The fourth-order valence-corrected chi connectivity index (χ4v) is 0.797. The fourth-order valence-electron chi connectivity index (χ4n) is 0.797. The molecule has 1 aliphatic rings. The molecule has 52 valence electrons. The zero-order chi connectivity index (χ0) is 5.98. The first-order chi connectivity index (χ1) is 3.84. The summed E-state index contributed by atoms with van der Waals surface area (Å²) in [6, 6.07) is 2.00. The number of rotatable bonds is 0. The maximum atomic E-state index is 8.90. The van der Waals surface area contributed by atoms with Crippen molar-refractivity contribution < 1.29 is 5.11 Å². The lowest BCUT2D eigenvalue weighted by molar-refractivity contribution is 0.170. The Bertz CT molecular complexity index is 123. The first-order valence-electron chi connectivity index (χ1n) is 2.63. The fraction of sp³-hybridized carbons (Fsp3) is 0.800. The van der Waals surface area contributed by atoms with Crippen LogP contribution in [0.2, 0.25) is 0 Å². The van der Waals surface area contributed by atoms with E-state index in [0.29, 0.717) is 13.1 Å². The van der Waals surface area contributed by atoms with E-state index in [4.69, 9.17) is 10.4 Å². The van der Waals surface area contributed by atoms with E-state index in [1.807, 2.05) is 6.07 Å². The number of nitrogens with zero attached hydrogens (tertiary/aromatic N) is 1. The van der Waals surface area contributed by atoms with Crippen molar-refractivity contribution in [1.82, 2.24) is 5.32 Å². The maximum Gasteiger partial charge on any atom is 0.0859 e. The van der Waals surface area contributed by atoms with Gasteiger partial charge in [-0.15, -0.1) is 12.4 Å². The maximum absolute atomic E-state index is 8.90. The van der Waals surface area contributed by atoms with Gasteiger partial charge in [0.1, 0.15) is 0 Å². The van der Waals surface area contributed by atoms with E-state index in [-0.39, 0.29) is 18.3 Å². The van der Waals surface area contributed by atoms with Gasteiger partial charge in [-0.25, -0.2) is 0 Å². The van der Waals surface area contributed by atoms with Crippen LogP contribution in [0.15, 0.2) is 0 Å². The van der Waals surface area contributed by atoms with E-state index in [1.54, 1.807) is 0 Å². The molecule has 1 fully saturated rings. The molecule has 0 aromatic heterocycles. The third-order valence-electron chi connectivity index (χ3n) is 1.35. The van der Waals surface area contributed by atoms with Gasteiger partial charge < -0.3 is 10.4 Å². The molecule has 2 atom stereocenters. The molecule has 2 N–H and O–H groups in total. The van der Waals surface area contributed by atoms with Crippen LogP contribution in [0.1, 0.15) is 0 Å². The average Bonchev–Trinajstić information content (AvgIpc) is 2.14. The Morgan fingerprint density at radius 1 is 1.56 bits per heavy atom. The molecule has 3 nitrogen and oxygen atoms in total. The number of nitrogens with one attached hydrogen (secondary N) is 1. The summed E-state index contributed by atoms with van der Waals surface area (Å²) in [6.45, 7) is 1.20. The van der Waals surface area contributed by atoms with Gasteiger partial charge in [-0.05, 0) is 0 Å². The molecule has 1 rings (SSSR count). The molecule has 9 heavy (non-hydrogen) atoms. The van der Waals surface area contributed by atoms with E-state index in [2.05, 4.69) is 5.32 Å². The summed E-state index contributed by atoms with van der Waals surface area (Å²) in [5, 5.41) is 20.1. The van der Waals surface area contributed by atoms with Gasteiger partial charge >= 0.3 is 0 Å². The van der Waals surface area contributed by atoms with Crippen molar-refractivity contribution in [2.75, 3.05) is 13.1 Å². The predicted molar refractivity (Wildman–Crippen MR) is 35.2 cm³/mol. The lowest BCUT2D eigenvalue weighted by Crippen LogP contribution is -2.15. The number of nitriles is 1. The number of halogens is 1. The number of hydrogen-bond acceptors (Lipinski definition) is 3. The third kappa shape index (κ3) is 1.83. The number of hydrogen-bond donors (Lipinski definition) is 2. The molecule has 0 radical (unpaired) electrons. The molecule has 1 saturated heterocycles. The second-order valence-electron chi connectivity index (χ2n) is 1.96. The lowest BCUT2D eigenvalue weighted by atomic mass is 10.1. The van der Waals surface area contributed by atoms with Crippen LogP contribution >= 0.6 is 12.4 Å². The summed E-state index contributed by atoms with van der Waals surface area (Å²) in [7, 11) is 0. The highest BCUT2D eigenvalue weighted by Crippen LogP contribution is 2.05. The molecule has 0 amide bonds. The van der Waals surface area contributed by atoms with E-state index < -0.39 is 6.10 Å². The molecule has 1 heterocycles. The van der Waals surface area contributed by atoms with Gasteiger partial charge in [-0.3, -0.25) is 0 Å². The molecule has 1 aliphatic heterocycles. The Hall–Kier alpha value is -0.300. The summed E-state index contributed by atoms with van der Waals surface area (Å²) in [5.41, 5.74) is 0. The molecule has 0 aromatic rings. The molecule has 0 spiro atoms. The quantitative estimate of drug-likeness (QED) is 0.488. The molecule has 0 aromatic carbocycles. The zero-order valence-corrected chi connectivity index (χ0v) is 5.69. The van der Waals surface area contributed by atoms with Crippen LogP contribution in [0.5, 0.6) is 0 Å². The SMILES string of the molecule is Cl.N#CC1CNCC1O. The Balaban J connectivity index is 0.000000640. The minimum Gasteiger partial charge on any atom is -0.390 e. The monoisotopic (exact) mass is 148 g/mol. The summed E-state index contributed by atoms with van der Waals surface area (Å²) in [4.78, 5) is 0. The second kappa shape index (κ2) is 3.67. The van der Waals surface area contributed by atoms with Crippen LogP contribution < -0.4 is 5.32 Å². The Labute approximate surface area is 60.1 Å². The highest BCUT2D eigenvalue weighted by molar-refractivity contribution is 5.85. The largest absolute Gasteiger partial charge is 0.390 e. The number of β-amino-alcohol motifs (C(OH)–C–C–N with tert-alkyl or cyclic N) is 1. The summed E-state index contributed by atoms with van der Waals surface area (Å²) in [6.07, 6.45) is -0.444. The first-order valence-corrected chi connectivity index (χ1v) is 2.63. The molecule has 2 unspecified atom stereocenters. The Morgan fingerprint density at radius 2 is 2.22 bits per heavy atom. The van der Waals surface area contributed by atoms with Gasteiger partial charge in [-0.1, -0.05) is 0 Å². The minimum atomic E-state index is -0.444. The van der Waals surface area contributed by atoms with Crippen LogP contribution in [-0.4, -0.2) is 24.3 Å². The van der Waals surface area contributed by atoms with Crippen LogP contribution in [0.3, 0.4) is 0 Å². The first kappa shape index (κ1) is 8.70. The molecule has 0 bridgehead atoms. The molecule has 0 aliphatic carbocycles. The van der Waals surface area contributed by atoms with Crippen molar-refractivity contribution in [3.63, 3.8) is 0 Å². The standard InChI is InChI=1S/C5H8N2O.ClH/c6-1-4-2-7-3-5(4)8;/h4-5,7-8H,2-3H2;1H. The highest BCUT2D eigenvalue weighted by Gasteiger charge is 2.23. The highest BCUT2D eigenvalue weighted by atomic mass is 35.5. The van der Waals surface area contributed by atoms with Crippen LogP contribution in [-0.2, 0) is 0 Å². The molecular weight excluding hydrogens is 140 g/mol. The second-order valence-corrected chi connectivity index (χ2v) is 1.96. The molecule has 4 heteroatoms. The van der Waals surface area contributed by atoms with Gasteiger partial charge in [0, 0.05) is 13.1 Å². The van der Waals surface area contributed by atoms with Crippen LogP contribution in [0, 0.1) is 17.2 Å². The molecule has 0 saturated carbocycles. The van der Waals surface area contributed by atoms with Crippen molar-refractivity contribution in [2.45, 2.75) is 6.10 Å². The van der Waals surface area contributed by atoms with Crippen molar-refractivity contribution in [2.24, 2.45) is 5.92 Å². The Morgan fingerprint density at radius 3 is 2.44 bits per heavy atom. The number of aliphatic hydroxyl groups excluding tert-OH is 1. The lowest BCUT2D eigenvalue weighted by Gasteiger charge is -1.99. The van der Waals surface area contributed by atoms with Gasteiger partial charge in [0.05, 0.1) is 18.1 Å². The van der Waals surface area contributed by atoms with Gasteiger partial charge in [0.2, 0.25) is 0 Å². The normalized spacial score (nSPS) is 32.9. The summed E-state index contributed by atoms with van der Waals surface area (Å²) in [5.74, 6) is -0.185. The molecular formula is C5H9ClN2O. The average molecular weight is 149 g/mol. The van der Waals surface area contributed by atoms with E-state index in [0.717, 1.165) is 0 Å². The van der Waals surface area contributed by atoms with Crippen molar-refractivity contribution in [3.8, 4) is 6.07 Å². The van der Waals surface area contributed by atoms with Crippen molar-refractivity contribution in [3.05, 3.63) is 0 Å². The zero-order valence-electron chi connectivity index (χ0n) is 4.87. The number of aliphatic hydroxyl groups is 1. The van der Waals surface area contributed by atoms with Gasteiger partial charge in [-0.2, -0.15) is 5.26 Å². The van der Waals surface area contributed by atoms with E-state index in [9.17, 15) is 0 Å². The van der Waals surface area contributed by atoms with E-state index >= 15 is 0 Å². The topological polar surface area (TPSA) is 56.0 Å². The third-order valence-corrected chi connectivity index (χ3v) is 1.35. The summed E-state index contributed by atoms with van der Waals surface area (Å²) < 4.78 is 0. The summed E-state index contributed by atoms with van der Waals surface area (Å²) >= 11 is 0. The van der Waals surface area contributed by atoms with Crippen LogP contribution in [0.25, 0.3) is 0 Å². The van der Waals surface area contributed by atoms with E-state index in [1.165, 1.54) is 0 Å².